The summed E-state index contributed by atoms with van der Waals surface area (Å²) in [6.45, 7) is 5.50. The molecule has 0 radical (unpaired) electrons. The number of alkyl halides is 1. The zero-order valence-corrected chi connectivity index (χ0v) is 11.0. The minimum atomic E-state index is -1.46. The van der Waals surface area contributed by atoms with Crippen molar-refractivity contribution in [2.24, 2.45) is 5.41 Å². The van der Waals surface area contributed by atoms with Gasteiger partial charge in [0.25, 0.3) is 0 Å². The van der Waals surface area contributed by atoms with Crippen LogP contribution in [0.25, 0.3) is 0 Å². The monoisotopic (exact) mass is 265 g/mol. The molecule has 18 heavy (non-hydrogen) atoms. The van der Waals surface area contributed by atoms with Crippen molar-refractivity contribution in [3.63, 3.8) is 0 Å². The quantitative estimate of drug-likeness (QED) is 0.677. The average Bonchev–Trinajstić information content (AvgIpc) is 2.27. The highest BCUT2D eigenvalue weighted by Gasteiger charge is 2.44. The fourth-order valence-electron chi connectivity index (χ4n) is 1.66. The van der Waals surface area contributed by atoms with E-state index in [1.165, 1.54) is 0 Å². The smallest absolute Gasteiger partial charge is 0.186 e. The Bertz CT molecular complexity index is 253. The third-order valence-electron chi connectivity index (χ3n) is 2.95. The minimum absolute atomic E-state index is 0.0667. The molecule has 1 heterocycles. The summed E-state index contributed by atoms with van der Waals surface area (Å²) in [7, 11) is 0. The average molecular weight is 265 g/mol. The van der Waals surface area contributed by atoms with Crippen molar-refractivity contribution in [2.45, 2.75) is 57.9 Å². The number of ether oxygens (including phenoxy) is 2. The predicted octanol–water partition coefficient (Wildman–Crippen LogP) is 0.216. The molecule has 5 unspecified atom stereocenters. The Labute approximate surface area is 107 Å². The first-order valence-electron chi connectivity index (χ1n) is 6.13. The van der Waals surface area contributed by atoms with Crippen LogP contribution in [0.5, 0.6) is 0 Å². The Morgan fingerprint density at radius 3 is 2.22 bits per heavy atom. The summed E-state index contributed by atoms with van der Waals surface area (Å²) in [5.74, 6) is 0. The van der Waals surface area contributed by atoms with Gasteiger partial charge >= 0.3 is 0 Å². The van der Waals surface area contributed by atoms with Gasteiger partial charge in [-0.3, -0.25) is 0 Å². The second-order valence-corrected chi connectivity index (χ2v) is 5.85. The molecular weight excluding hydrogens is 242 g/mol. The van der Waals surface area contributed by atoms with E-state index in [0.717, 1.165) is 6.42 Å². The summed E-state index contributed by atoms with van der Waals surface area (Å²) in [5.41, 5.74) is 0.0667. The molecule has 5 nitrogen and oxygen atoms in total. The van der Waals surface area contributed by atoms with E-state index in [2.05, 4.69) is 0 Å². The van der Waals surface area contributed by atoms with Gasteiger partial charge in [-0.1, -0.05) is 20.8 Å². The molecule has 0 aromatic carbocycles. The van der Waals surface area contributed by atoms with Crippen molar-refractivity contribution in [2.75, 3.05) is 13.3 Å². The van der Waals surface area contributed by atoms with Gasteiger partial charge in [0.15, 0.2) is 6.29 Å². The van der Waals surface area contributed by atoms with Crippen LogP contribution in [0.4, 0.5) is 4.39 Å². The van der Waals surface area contributed by atoms with Gasteiger partial charge in [-0.15, -0.1) is 0 Å². The molecular formula is C12H23FO5. The molecule has 6 heteroatoms. The van der Waals surface area contributed by atoms with Crippen LogP contribution in [0.1, 0.15) is 27.2 Å². The third kappa shape index (κ3) is 4.13. The van der Waals surface area contributed by atoms with Crippen molar-refractivity contribution in [3.8, 4) is 0 Å². The van der Waals surface area contributed by atoms with E-state index >= 15 is 0 Å². The standard InChI is InChI=1S/C12H23FO5/c1-12(2,3)4-5-17-11-10(16)9(15)8(14)7(6-13)18-11/h7-11,14-16H,4-6H2,1-3H3/i13-1. The van der Waals surface area contributed by atoms with Gasteiger partial charge in [0.1, 0.15) is 31.1 Å². The molecule has 1 fully saturated rings. The Morgan fingerprint density at radius 1 is 1.11 bits per heavy atom. The van der Waals surface area contributed by atoms with Crippen molar-refractivity contribution in [1.29, 1.82) is 0 Å². The predicted molar refractivity (Wildman–Crippen MR) is 62.7 cm³/mol. The topological polar surface area (TPSA) is 79.2 Å². The van der Waals surface area contributed by atoms with Gasteiger partial charge in [0.2, 0.25) is 0 Å². The number of rotatable bonds is 4. The number of aliphatic hydroxyl groups is 3. The van der Waals surface area contributed by atoms with Crippen LogP contribution in [-0.4, -0.2) is 59.3 Å². The zero-order chi connectivity index (χ0) is 13.9. The normalized spacial score (nSPS) is 37.8. The number of hydrogen-bond donors (Lipinski definition) is 3. The summed E-state index contributed by atoms with van der Waals surface area (Å²) in [6, 6.07) is 0. The molecule has 1 rings (SSSR count). The molecule has 0 amide bonds. The fraction of sp³-hybridized carbons (Fsp3) is 1.00. The first kappa shape index (κ1) is 15.8. The summed E-state index contributed by atoms with van der Waals surface area (Å²) in [4.78, 5) is 0. The molecule has 0 saturated carbocycles. The van der Waals surface area contributed by atoms with E-state index < -0.39 is 37.4 Å². The highest BCUT2D eigenvalue weighted by molar-refractivity contribution is 4.88. The maximum absolute atomic E-state index is 12.6. The molecule has 108 valence electrons. The molecule has 3 N–H and O–H groups in total. The Balaban J connectivity index is 2.49. The molecule has 0 aliphatic carbocycles. The Kier molecular flexibility index (Phi) is 5.48. The minimum Gasteiger partial charge on any atom is -0.387 e. The number of aliphatic hydroxyl groups excluding tert-OH is 3. The van der Waals surface area contributed by atoms with Gasteiger partial charge in [0, 0.05) is 0 Å². The van der Waals surface area contributed by atoms with Crippen molar-refractivity contribution >= 4 is 0 Å². The van der Waals surface area contributed by atoms with Crippen LogP contribution >= 0.6 is 0 Å². The van der Waals surface area contributed by atoms with Gasteiger partial charge in [0.05, 0.1) is 6.61 Å². The van der Waals surface area contributed by atoms with Crippen LogP contribution < -0.4 is 0 Å². The molecule has 1 aliphatic heterocycles. The lowest BCUT2D eigenvalue weighted by atomic mass is 9.93. The fourth-order valence-corrected chi connectivity index (χ4v) is 1.66. The van der Waals surface area contributed by atoms with Gasteiger partial charge in [-0.25, -0.2) is 4.39 Å². The molecule has 0 spiro atoms. The second kappa shape index (κ2) is 6.25. The first-order valence-corrected chi connectivity index (χ1v) is 6.13. The Hall–Kier alpha value is -0.270. The summed E-state index contributed by atoms with van der Waals surface area (Å²) in [5, 5.41) is 28.7. The van der Waals surface area contributed by atoms with E-state index in [1.807, 2.05) is 20.8 Å². The lowest BCUT2D eigenvalue weighted by Gasteiger charge is -2.39. The number of halogens is 1. The third-order valence-corrected chi connectivity index (χ3v) is 2.95. The molecule has 0 bridgehead atoms. The van der Waals surface area contributed by atoms with Crippen LogP contribution in [0.15, 0.2) is 0 Å². The summed E-state index contributed by atoms with van der Waals surface area (Å²) < 4.78 is 23.0. The van der Waals surface area contributed by atoms with E-state index in [0.29, 0.717) is 6.61 Å². The van der Waals surface area contributed by atoms with Crippen LogP contribution in [-0.2, 0) is 9.47 Å². The van der Waals surface area contributed by atoms with E-state index in [1.54, 1.807) is 0 Å². The van der Waals surface area contributed by atoms with Crippen LogP contribution in [0, 0.1) is 5.41 Å². The molecule has 0 aromatic heterocycles. The second-order valence-electron chi connectivity index (χ2n) is 5.85. The largest absolute Gasteiger partial charge is 0.387 e. The van der Waals surface area contributed by atoms with Crippen LogP contribution in [0.3, 0.4) is 0 Å². The first-order chi connectivity index (χ1) is 8.26. The number of hydrogen-bond acceptors (Lipinski definition) is 5. The SMILES string of the molecule is CC(C)(C)CCOC1OC(C[18F])C(O)C(O)C1O. The summed E-state index contributed by atoms with van der Waals surface area (Å²) in [6.07, 6.45) is -5.80. The van der Waals surface area contributed by atoms with Crippen molar-refractivity contribution < 1.29 is 29.2 Å². The molecule has 1 saturated heterocycles. The summed E-state index contributed by atoms with van der Waals surface area (Å²) >= 11 is 0. The van der Waals surface area contributed by atoms with Crippen LogP contribution in [0.2, 0.25) is 0 Å². The van der Waals surface area contributed by atoms with Crippen molar-refractivity contribution in [1.82, 2.24) is 0 Å². The van der Waals surface area contributed by atoms with Gasteiger partial charge in [-0.2, -0.15) is 0 Å². The maximum Gasteiger partial charge on any atom is 0.186 e. The maximum atomic E-state index is 12.6. The highest BCUT2D eigenvalue weighted by Crippen LogP contribution is 2.24. The zero-order valence-electron chi connectivity index (χ0n) is 11.0. The molecule has 5 atom stereocenters. The highest BCUT2D eigenvalue weighted by atomic mass is 18.2. The van der Waals surface area contributed by atoms with E-state index in [4.69, 9.17) is 9.47 Å². The van der Waals surface area contributed by atoms with E-state index in [9.17, 15) is 19.7 Å². The molecule has 0 aromatic rings. The molecule has 1 aliphatic rings. The van der Waals surface area contributed by atoms with Gasteiger partial charge < -0.3 is 24.8 Å². The Morgan fingerprint density at radius 2 is 1.72 bits per heavy atom. The lowest BCUT2D eigenvalue weighted by Crippen LogP contribution is -2.58. The van der Waals surface area contributed by atoms with Gasteiger partial charge in [-0.05, 0) is 11.8 Å². The van der Waals surface area contributed by atoms with E-state index in [-0.39, 0.29) is 5.41 Å². The lowest BCUT2D eigenvalue weighted by molar-refractivity contribution is -0.299. The van der Waals surface area contributed by atoms with Crippen molar-refractivity contribution in [3.05, 3.63) is 0 Å².